The van der Waals surface area contributed by atoms with E-state index in [0.29, 0.717) is 23.5 Å². The minimum absolute atomic E-state index is 0.0368. The molecule has 0 unspecified atom stereocenters. The molecule has 2 aromatic rings. The van der Waals surface area contributed by atoms with E-state index in [4.69, 9.17) is 0 Å². The first-order valence-electron chi connectivity index (χ1n) is 6.83. The Morgan fingerprint density at radius 1 is 1.23 bits per heavy atom. The summed E-state index contributed by atoms with van der Waals surface area (Å²) in [7, 11) is 0. The van der Waals surface area contributed by atoms with E-state index in [1.807, 2.05) is 0 Å². The summed E-state index contributed by atoms with van der Waals surface area (Å²) in [6.07, 6.45) is 1.78. The Morgan fingerprint density at radius 3 is 2.59 bits per heavy atom. The van der Waals surface area contributed by atoms with Crippen LogP contribution in [-0.2, 0) is 4.79 Å². The van der Waals surface area contributed by atoms with Crippen molar-refractivity contribution >= 4 is 23.3 Å². The van der Waals surface area contributed by atoms with Gasteiger partial charge >= 0.3 is 0 Å². The van der Waals surface area contributed by atoms with Crippen molar-refractivity contribution in [3.63, 3.8) is 0 Å². The van der Waals surface area contributed by atoms with Gasteiger partial charge in [0.2, 0.25) is 5.91 Å². The molecule has 22 heavy (non-hydrogen) atoms. The third-order valence-electron chi connectivity index (χ3n) is 3.07. The summed E-state index contributed by atoms with van der Waals surface area (Å²) in [5, 5.41) is 5.24. The number of anilines is 2. The molecule has 0 saturated carbocycles. The van der Waals surface area contributed by atoms with Crippen LogP contribution in [-0.4, -0.2) is 16.8 Å². The molecule has 0 aliphatic carbocycles. The van der Waals surface area contributed by atoms with Gasteiger partial charge < -0.3 is 10.6 Å². The van der Waals surface area contributed by atoms with Crippen LogP contribution >= 0.6 is 0 Å². The molecule has 1 aromatic heterocycles. The van der Waals surface area contributed by atoms with E-state index in [2.05, 4.69) is 15.6 Å². The zero-order valence-corrected chi connectivity index (χ0v) is 12.3. The van der Waals surface area contributed by atoms with E-state index in [0.717, 1.165) is 0 Å². The number of nitrogens with one attached hydrogen (secondary N) is 2. The van der Waals surface area contributed by atoms with Crippen molar-refractivity contribution in [3.05, 3.63) is 53.5 Å². The number of hydrogen-bond acceptors (Lipinski definition) is 3. The molecule has 0 radical (unpaired) electrons. The summed E-state index contributed by atoms with van der Waals surface area (Å²) in [5.41, 5.74) is 1.14. The van der Waals surface area contributed by atoms with Gasteiger partial charge in [-0.15, -0.1) is 0 Å². The predicted octanol–water partition coefficient (Wildman–Crippen LogP) is 3.13. The quantitative estimate of drug-likeness (QED) is 0.911. The second-order valence-electron chi connectivity index (χ2n) is 4.72. The van der Waals surface area contributed by atoms with Crippen LogP contribution in [0.1, 0.15) is 29.3 Å². The van der Waals surface area contributed by atoms with Crippen LogP contribution in [0.15, 0.2) is 36.5 Å². The van der Waals surface area contributed by atoms with Gasteiger partial charge in [-0.3, -0.25) is 9.59 Å². The maximum absolute atomic E-state index is 13.6. The summed E-state index contributed by atoms with van der Waals surface area (Å²) in [4.78, 5) is 27.4. The van der Waals surface area contributed by atoms with E-state index in [-0.39, 0.29) is 11.5 Å². The number of hydrogen-bond donors (Lipinski definition) is 2. The molecule has 0 spiro atoms. The smallest absolute Gasteiger partial charge is 0.258 e. The normalized spacial score (nSPS) is 10.1. The van der Waals surface area contributed by atoms with Crippen LogP contribution in [0.4, 0.5) is 15.9 Å². The number of amides is 2. The number of aromatic nitrogens is 1. The van der Waals surface area contributed by atoms with E-state index < -0.39 is 11.7 Å². The maximum atomic E-state index is 13.6. The molecule has 1 aromatic carbocycles. The molecule has 2 rings (SSSR count). The van der Waals surface area contributed by atoms with Crippen LogP contribution in [0.2, 0.25) is 0 Å². The topological polar surface area (TPSA) is 71.1 Å². The van der Waals surface area contributed by atoms with Gasteiger partial charge in [-0.1, -0.05) is 19.1 Å². The van der Waals surface area contributed by atoms with Crippen molar-refractivity contribution in [2.24, 2.45) is 0 Å². The molecule has 6 heteroatoms. The van der Waals surface area contributed by atoms with Crippen LogP contribution in [0, 0.1) is 12.7 Å². The van der Waals surface area contributed by atoms with E-state index in [9.17, 15) is 14.0 Å². The predicted molar refractivity (Wildman–Crippen MR) is 82.2 cm³/mol. The number of carbonyl (C=O) groups is 2. The number of aryl methyl sites for hydroxylation is 1. The van der Waals surface area contributed by atoms with Crippen molar-refractivity contribution in [3.8, 4) is 0 Å². The Labute approximate surface area is 127 Å². The first-order chi connectivity index (χ1) is 10.5. The molecule has 0 saturated heterocycles. The van der Waals surface area contributed by atoms with Gasteiger partial charge in [-0.05, 0) is 30.7 Å². The van der Waals surface area contributed by atoms with E-state index in [1.165, 1.54) is 24.4 Å². The monoisotopic (exact) mass is 301 g/mol. The van der Waals surface area contributed by atoms with Crippen LogP contribution < -0.4 is 10.6 Å². The Morgan fingerprint density at radius 2 is 1.95 bits per heavy atom. The summed E-state index contributed by atoms with van der Waals surface area (Å²) < 4.78 is 13.6. The van der Waals surface area contributed by atoms with Gasteiger partial charge in [0.1, 0.15) is 11.6 Å². The van der Waals surface area contributed by atoms with Gasteiger partial charge in [0, 0.05) is 6.42 Å². The number of pyridine rings is 1. The second kappa shape index (κ2) is 6.80. The molecule has 0 bridgehead atoms. The Kier molecular flexibility index (Phi) is 4.83. The van der Waals surface area contributed by atoms with Gasteiger partial charge in [0.25, 0.3) is 5.91 Å². The molecular weight excluding hydrogens is 285 g/mol. The molecule has 2 amide bonds. The fraction of sp³-hybridized carbons (Fsp3) is 0.188. The Hall–Kier alpha value is -2.76. The zero-order chi connectivity index (χ0) is 16.1. The van der Waals surface area contributed by atoms with E-state index >= 15 is 0 Å². The van der Waals surface area contributed by atoms with Crippen LogP contribution in [0.5, 0.6) is 0 Å². The summed E-state index contributed by atoms with van der Waals surface area (Å²) in [5.74, 6) is -0.867. The summed E-state index contributed by atoms with van der Waals surface area (Å²) in [6, 6.07) is 7.38. The molecule has 0 atom stereocenters. The number of halogens is 1. The number of benzene rings is 1. The van der Waals surface area contributed by atoms with Crippen molar-refractivity contribution in [1.82, 2.24) is 4.98 Å². The Bertz CT molecular complexity index is 716. The highest BCUT2D eigenvalue weighted by atomic mass is 19.1. The lowest BCUT2D eigenvalue weighted by molar-refractivity contribution is -0.115. The standard InChI is InChI=1S/C16H16FN3O2/c1-3-15(21)20-14-8-10(2)13(9-18-14)19-16(22)11-6-4-5-7-12(11)17/h4-9H,3H2,1-2H3,(H,19,22)(H,18,20,21). The molecule has 0 aliphatic heterocycles. The molecular formula is C16H16FN3O2. The third-order valence-corrected chi connectivity index (χ3v) is 3.07. The summed E-state index contributed by atoms with van der Waals surface area (Å²) in [6.45, 7) is 3.51. The third kappa shape index (κ3) is 3.66. The number of carbonyl (C=O) groups excluding carboxylic acids is 2. The molecule has 5 nitrogen and oxygen atoms in total. The molecule has 114 valence electrons. The highest BCUT2D eigenvalue weighted by Gasteiger charge is 2.12. The zero-order valence-electron chi connectivity index (χ0n) is 12.3. The van der Waals surface area contributed by atoms with Gasteiger partial charge in [-0.2, -0.15) is 0 Å². The van der Waals surface area contributed by atoms with Gasteiger partial charge in [0.05, 0.1) is 17.4 Å². The van der Waals surface area contributed by atoms with Crippen molar-refractivity contribution in [2.75, 3.05) is 10.6 Å². The van der Waals surface area contributed by atoms with Crippen molar-refractivity contribution in [2.45, 2.75) is 20.3 Å². The van der Waals surface area contributed by atoms with Crippen molar-refractivity contribution in [1.29, 1.82) is 0 Å². The second-order valence-corrected chi connectivity index (χ2v) is 4.72. The van der Waals surface area contributed by atoms with Gasteiger partial charge in [-0.25, -0.2) is 9.37 Å². The maximum Gasteiger partial charge on any atom is 0.258 e. The molecule has 1 heterocycles. The average molecular weight is 301 g/mol. The first kappa shape index (κ1) is 15.6. The first-order valence-corrected chi connectivity index (χ1v) is 6.83. The fourth-order valence-electron chi connectivity index (χ4n) is 1.82. The van der Waals surface area contributed by atoms with Crippen molar-refractivity contribution < 1.29 is 14.0 Å². The summed E-state index contributed by atoms with van der Waals surface area (Å²) >= 11 is 0. The molecule has 0 aliphatic rings. The highest BCUT2D eigenvalue weighted by molar-refractivity contribution is 6.04. The molecule has 0 fully saturated rings. The lowest BCUT2D eigenvalue weighted by atomic mass is 10.2. The SMILES string of the molecule is CCC(=O)Nc1cc(C)c(NC(=O)c2ccccc2F)cn1. The minimum atomic E-state index is -0.586. The largest absolute Gasteiger partial charge is 0.320 e. The fourth-order valence-corrected chi connectivity index (χ4v) is 1.82. The van der Waals surface area contributed by atoms with E-state index in [1.54, 1.807) is 26.0 Å². The Balaban J connectivity index is 2.15. The van der Waals surface area contributed by atoms with Crippen LogP contribution in [0.3, 0.4) is 0 Å². The highest BCUT2D eigenvalue weighted by Crippen LogP contribution is 2.18. The van der Waals surface area contributed by atoms with Gasteiger partial charge in [0.15, 0.2) is 0 Å². The lowest BCUT2D eigenvalue weighted by Gasteiger charge is -2.10. The number of nitrogens with zero attached hydrogens (tertiary/aromatic N) is 1. The average Bonchev–Trinajstić information content (AvgIpc) is 2.50. The van der Waals surface area contributed by atoms with Crippen LogP contribution in [0.25, 0.3) is 0 Å². The molecule has 2 N–H and O–H groups in total. The lowest BCUT2D eigenvalue weighted by Crippen LogP contribution is -2.15. The minimum Gasteiger partial charge on any atom is -0.320 e. The number of rotatable bonds is 4.